The summed E-state index contributed by atoms with van der Waals surface area (Å²) >= 11 is 1.20. The summed E-state index contributed by atoms with van der Waals surface area (Å²) < 4.78 is 19.1. The smallest absolute Gasteiger partial charge is 0.278 e. The molecule has 0 aliphatic heterocycles. The Morgan fingerprint density at radius 3 is 2.56 bits per heavy atom. The quantitative estimate of drug-likeness (QED) is 0.257. The molecule has 0 saturated heterocycles. The highest BCUT2D eigenvalue weighted by molar-refractivity contribution is 7.99. The number of ether oxygens (including phenoxy) is 3. The number of carbonyl (C=O) groups is 1. The van der Waals surface area contributed by atoms with Crippen LogP contribution < -0.4 is 20.3 Å². The van der Waals surface area contributed by atoms with Crippen LogP contribution in [0.25, 0.3) is 22.2 Å². The van der Waals surface area contributed by atoms with E-state index in [0.29, 0.717) is 46.5 Å². The Hall–Kier alpha value is -3.76. The molecule has 9 nitrogen and oxygen atoms in total. The molecular formula is C26H28N4O5S. The predicted molar refractivity (Wildman–Crippen MR) is 141 cm³/mol. The number of amides is 1. The Balaban J connectivity index is 1.66. The number of methoxy groups -OCH3 is 3. The number of anilines is 1. The Bertz CT molecular complexity index is 1430. The molecule has 0 bridgehead atoms. The molecule has 0 atom stereocenters. The molecular weight excluding hydrogens is 480 g/mol. The van der Waals surface area contributed by atoms with E-state index < -0.39 is 0 Å². The van der Waals surface area contributed by atoms with E-state index in [0.717, 1.165) is 11.1 Å². The van der Waals surface area contributed by atoms with Crippen LogP contribution in [0.2, 0.25) is 0 Å². The van der Waals surface area contributed by atoms with Gasteiger partial charge in [0.25, 0.3) is 5.56 Å². The van der Waals surface area contributed by atoms with Gasteiger partial charge in [0.2, 0.25) is 5.91 Å². The summed E-state index contributed by atoms with van der Waals surface area (Å²) in [5.74, 6) is 0.901. The number of nitrogens with zero attached hydrogens (tertiary/aromatic N) is 3. The van der Waals surface area contributed by atoms with Gasteiger partial charge in [-0.2, -0.15) is 0 Å². The van der Waals surface area contributed by atoms with Crippen LogP contribution in [0.1, 0.15) is 0 Å². The molecule has 2 heterocycles. The van der Waals surface area contributed by atoms with Crippen molar-refractivity contribution in [2.45, 2.75) is 11.7 Å². The van der Waals surface area contributed by atoms with E-state index in [9.17, 15) is 9.59 Å². The minimum Gasteiger partial charge on any atom is -0.497 e. The lowest BCUT2D eigenvalue weighted by Gasteiger charge is -2.14. The first-order valence-electron chi connectivity index (χ1n) is 11.3. The van der Waals surface area contributed by atoms with Gasteiger partial charge in [0.05, 0.1) is 38.8 Å². The molecule has 0 fully saturated rings. The van der Waals surface area contributed by atoms with Crippen LogP contribution in [-0.2, 0) is 23.1 Å². The molecule has 0 saturated carbocycles. The number of fused-ring (bicyclic) bond motifs is 1. The van der Waals surface area contributed by atoms with E-state index in [4.69, 9.17) is 19.2 Å². The van der Waals surface area contributed by atoms with Crippen LogP contribution in [0, 0.1) is 0 Å². The number of nitrogens with one attached hydrogen (secondary N) is 1. The lowest BCUT2D eigenvalue weighted by atomic mass is 10.1. The SMILES string of the molecule is COCCn1c(SCC(=O)Nc2ccc(OC)cc2OC)nc2c(-c3ccccc3)cn(C)c2c1=O. The number of hydrogen-bond donors (Lipinski definition) is 1. The van der Waals surface area contributed by atoms with Crippen molar-refractivity contribution in [2.75, 3.05) is 39.0 Å². The monoisotopic (exact) mass is 508 g/mol. The average Bonchev–Trinajstić information content (AvgIpc) is 3.24. The molecule has 4 rings (SSSR count). The highest BCUT2D eigenvalue weighted by Crippen LogP contribution is 2.31. The van der Waals surface area contributed by atoms with E-state index in [1.807, 2.05) is 43.6 Å². The normalized spacial score (nSPS) is 11.0. The third kappa shape index (κ3) is 5.24. The zero-order chi connectivity index (χ0) is 25.7. The van der Waals surface area contributed by atoms with Crippen molar-refractivity contribution in [1.82, 2.24) is 14.1 Å². The second kappa shape index (κ2) is 11.3. The molecule has 0 aliphatic rings. The lowest BCUT2D eigenvalue weighted by Crippen LogP contribution is -2.27. The molecule has 4 aromatic rings. The van der Waals surface area contributed by atoms with Gasteiger partial charge in [0.15, 0.2) is 5.16 Å². The van der Waals surface area contributed by atoms with Gasteiger partial charge in [-0.05, 0) is 17.7 Å². The van der Waals surface area contributed by atoms with Gasteiger partial charge >= 0.3 is 0 Å². The molecule has 0 aliphatic carbocycles. The van der Waals surface area contributed by atoms with Crippen molar-refractivity contribution < 1.29 is 19.0 Å². The second-order valence-corrected chi connectivity index (χ2v) is 8.91. The fraction of sp³-hybridized carbons (Fsp3) is 0.269. The molecule has 0 unspecified atom stereocenters. The van der Waals surface area contributed by atoms with E-state index >= 15 is 0 Å². The number of rotatable bonds is 10. The minimum absolute atomic E-state index is 0.0492. The summed E-state index contributed by atoms with van der Waals surface area (Å²) in [5, 5.41) is 3.30. The Morgan fingerprint density at radius 1 is 1.08 bits per heavy atom. The first kappa shape index (κ1) is 25.3. The standard InChI is InChI=1S/C26H28N4O5S/c1-29-15-19(17-8-6-5-7-9-17)23-24(29)25(32)30(12-13-33-2)26(28-23)36-16-22(31)27-20-11-10-18(34-3)14-21(20)35-4/h5-11,14-15H,12-13,16H2,1-4H3,(H,27,31). The zero-order valence-corrected chi connectivity index (χ0v) is 21.4. The van der Waals surface area contributed by atoms with E-state index in [-0.39, 0.29) is 17.2 Å². The Labute approximate surface area is 213 Å². The number of thioether (sulfide) groups is 1. The van der Waals surface area contributed by atoms with Gasteiger partial charge in [0.1, 0.15) is 22.5 Å². The summed E-state index contributed by atoms with van der Waals surface area (Å²) in [6.07, 6.45) is 1.91. The molecule has 1 N–H and O–H groups in total. The third-order valence-corrected chi connectivity index (χ3v) is 6.64. The maximum Gasteiger partial charge on any atom is 0.278 e. The van der Waals surface area contributed by atoms with Crippen LogP contribution in [0.15, 0.2) is 64.7 Å². The maximum atomic E-state index is 13.5. The zero-order valence-electron chi connectivity index (χ0n) is 20.6. The van der Waals surface area contributed by atoms with Crippen molar-refractivity contribution in [3.63, 3.8) is 0 Å². The molecule has 0 spiro atoms. The minimum atomic E-state index is -0.257. The topological polar surface area (TPSA) is 96.6 Å². The highest BCUT2D eigenvalue weighted by Gasteiger charge is 2.19. The van der Waals surface area contributed by atoms with Crippen molar-refractivity contribution >= 4 is 34.4 Å². The summed E-state index contributed by atoms with van der Waals surface area (Å²) in [6, 6.07) is 14.9. The van der Waals surface area contributed by atoms with Gasteiger partial charge < -0.3 is 24.1 Å². The van der Waals surface area contributed by atoms with Crippen LogP contribution in [0.4, 0.5) is 5.69 Å². The first-order valence-corrected chi connectivity index (χ1v) is 12.2. The molecule has 2 aromatic heterocycles. The summed E-state index contributed by atoms with van der Waals surface area (Å²) in [7, 11) is 6.50. The fourth-order valence-corrected chi connectivity index (χ4v) is 4.71. The molecule has 10 heteroatoms. The number of hydrogen-bond acceptors (Lipinski definition) is 7. The number of aryl methyl sites for hydroxylation is 1. The summed E-state index contributed by atoms with van der Waals surface area (Å²) in [4.78, 5) is 31.2. The second-order valence-electron chi connectivity index (χ2n) is 7.96. The lowest BCUT2D eigenvalue weighted by molar-refractivity contribution is -0.113. The first-order chi connectivity index (χ1) is 17.5. The van der Waals surface area contributed by atoms with Gasteiger partial charge in [0, 0.05) is 32.0 Å². The van der Waals surface area contributed by atoms with Gasteiger partial charge in [-0.15, -0.1) is 0 Å². The molecule has 36 heavy (non-hydrogen) atoms. The number of benzene rings is 2. The van der Waals surface area contributed by atoms with Crippen molar-refractivity contribution in [3.8, 4) is 22.6 Å². The molecule has 0 radical (unpaired) electrons. The van der Waals surface area contributed by atoms with E-state index in [1.165, 1.54) is 18.9 Å². The largest absolute Gasteiger partial charge is 0.497 e. The van der Waals surface area contributed by atoms with E-state index in [1.54, 1.807) is 41.6 Å². The van der Waals surface area contributed by atoms with Gasteiger partial charge in [-0.25, -0.2) is 4.98 Å². The van der Waals surface area contributed by atoms with E-state index in [2.05, 4.69) is 5.32 Å². The van der Waals surface area contributed by atoms with Crippen LogP contribution in [0.5, 0.6) is 11.5 Å². The number of aromatic nitrogens is 3. The average molecular weight is 509 g/mol. The maximum absolute atomic E-state index is 13.5. The van der Waals surface area contributed by atoms with Crippen molar-refractivity contribution in [1.29, 1.82) is 0 Å². The van der Waals surface area contributed by atoms with Gasteiger partial charge in [-0.1, -0.05) is 42.1 Å². The Morgan fingerprint density at radius 2 is 1.86 bits per heavy atom. The van der Waals surface area contributed by atoms with Crippen LogP contribution >= 0.6 is 11.8 Å². The van der Waals surface area contributed by atoms with Crippen LogP contribution in [0.3, 0.4) is 0 Å². The third-order valence-electron chi connectivity index (χ3n) is 5.66. The highest BCUT2D eigenvalue weighted by atomic mass is 32.2. The predicted octanol–water partition coefficient (Wildman–Crippen LogP) is 3.80. The molecule has 1 amide bonds. The number of carbonyl (C=O) groups excluding carboxylic acids is 1. The van der Waals surface area contributed by atoms with Crippen molar-refractivity contribution in [3.05, 3.63) is 65.1 Å². The summed E-state index contributed by atoms with van der Waals surface area (Å²) in [6.45, 7) is 0.659. The Kier molecular flexibility index (Phi) is 7.97. The van der Waals surface area contributed by atoms with Crippen molar-refractivity contribution in [2.24, 2.45) is 7.05 Å². The van der Waals surface area contributed by atoms with Gasteiger partial charge in [-0.3, -0.25) is 14.2 Å². The summed E-state index contributed by atoms with van der Waals surface area (Å²) in [5.41, 5.74) is 3.27. The molecule has 2 aromatic carbocycles. The fourth-order valence-electron chi connectivity index (χ4n) is 3.89. The van der Waals surface area contributed by atoms with Crippen LogP contribution in [-0.4, -0.2) is 53.7 Å². The molecule has 188 valence electrons.